The highest BCUT2D eigenvalue weighted by molar-refractivity contribution is 6.05. The van der Waals surface area contributed by atoms with E-state index in [-0.39, 0.29) is 5.91 Å². The Bertz CT molecular complexity index is 648. The summed E-state index contributed by atoms with van der Waals surface area (Å²) in [5.74, 6) is 1.34. The molecule has 2 aromatic rings. The Labute approximate surface area is 117 Å². The topological polar surface area (TPSA) is 55.6 Å². The maximum Gasteiger partial charge on any atom is 0.280 e. The van der Waals surface area contributed by atoms with Crippen LogP contribution in [0.5, 0.6) is 5.75 Å². The van der Waals surface area contributed by atoms with Gasteiger partial charge in [0, 0.05) is 18.3 Å². The standard InChI is InChI=1S/C15H16N2O3/c1-10-8-13(16-20-10)15(18)17-7-3-4-11-9-12(19-2)5-6-14(11)17/h5-6,8-9H,3-4,7H2,1-2H3. The number of hydrogen-bond donors (Lipinski definition) is 0. The number of methoxy groups -OCH3 is 1. The van der Waals surface area contributed by atoms with E-state index in [1.165, 1.54) is 0 Å². The van der Waals surface area contributed by atoms with Crippen LogP contribution in [-0.4, -0.2) is 24.7 Å². The molecule has 0 aliphatic carbocycles. The lowest BCUT2D eigenvalue weighted by atomic mass is 10.0. The third-order valence-electron chi connectivity index (χ3n) is 3.50. The van der Waals surface area contributed by atoms with Gasteiger partial charge in [0.1, 0.15) is 11.5 Å². The highest BCUT2D eigenvalue weighted by Crippen LogP contribution is 2.31. The number of anilines is 1. The molecule has 1 aliphatic rings. The van der Waals surface area contributed by atoms with E-state index in [4.69, 9.17) is 9.26 Å². The molecular weight excluding hydrogens is 256 g/mol. The van der Waals surface area contributed by atoms with Crippen molar-refractivity contribution in [2.24, 2.45) is 0 Å². The van der Waals surface area contributed by atoms with Gasteiger partial charge in [-0.1, -0.05) is 5.16 Å². The average molecular weight is 272 g/mol. The number of carbonyl (C=O) groups is 1. The Morgan fingerprint density at radius 1 is 1.40 bits per heavy atom. The first-order valence-corrected chi connectivity index (χ1v) is 6.61. The van der Waals surface area contributed by atoms with Gasteiger partial charge in [0.25, 0.3) is 5.91 Å². The summed E-state index contributed by atoms with van der Waals surface area (Å²) in [6.07, 6.45) is 1.89. The summed E-state index contributed by atoms with van der Waals surface area (Å²) in [5.41, 5.74) is 2.41. The van der Waals surface area contributed by atoms with Gasteiger partial charge in [-0.3, -0.25) is 4.79 Å². The lowest BCUT2D eigenvalue weighted by Gasteiger charge is -2.29. The van der Waals surface area contributed by atoms with Crippen molar-refractivity contribution in [3.05, 3.63) is 41.3 Å². The molecule has 0 spiro atoms. The fourth-order valence-corrected chi connectivity index (χ4v) is 2.52. The Hall–Kier alpha value is -2.30. The second-order valence-corrected chi connectivity index (χ2v) is 4.88. The zero-order valence-electron chi connectivity index (χ0n) is 11.5. The molecule has 0 N–H and O–H groups in total. The fraction of sp³-hybridized carbons (Fsp3) is 0.333. The van der Waals surface area contributed by atoms with E-state index in [9.17, 15) is 4.79 Å². The van der Waals surface area contributed by atoms with E-state index >= 15 is 0 Å². The second-order valence-electron chi connectivity index (χ2n) is 4.88. The van der Waals surface area contributed by atoms with E-state index in [0.29, 0.717) is 18.0 Å². The predicted molar refractivity (Wildman–Crippen MR) is 74.2 cm³/mol. The monoisotopic (exact) mass is 272 g/mol. The number of hydrogen-bond acceptors (Lipinski definition) is 4. The minimum absolute atomic E-state index is 0.118. The fourth-order valence-electron chi connectivity index (χ4n) is 2.52. The lowest BCUT2D eigenvalue weighted by Crippen LogP contribution is -2.35. The molecule has 0 fully saturated rings. The molecule has 5 nitrogen and oxygen atoms in total. The van der Waals surface area contributed by atoms with Gasteiger partial charge in [-0.05, 0) is 43.5 Å². The van der Waals surface area contributed by atoms with E-state index in [1.54, 1.807) is 25.0 Å². The molecule has 2 heterocycles. The number of nitrogens with zero attached hydrogens (tertiary/aromatic N) is 2. The van der Waals surface area contributed by atoms with Gasteiger partial charge < -0.3 is 14.2 Å². The van der Waals surface area contributed by atoms with Crippen LogP contribution in [0.15, 0.2) is 28.8 Å². The first-order chi connectivity index (χ1) is 9.69. The average Bonchev–Trinajstić information content (AvgIpc) is 2.91. The zero-order valence-corrected chi connectivity index (χ0v) is 11.5. The Kier molecular flexibility index (Phi) is 3.18. The van der Waals surface area contributed by atoms with Gasteiger partial charge in [0.15, 0.2) is 5.69 Å². The van der Waals surface area contributed by atoms with Gasteiger partial charge in [-0.2, -0.15) is 0 Å². The summed E-state index contributed by atoms with van der Waals surface area (Å²) in [7, 11) is 1.64. The van der Waals surface area contributed by atoms with Crippen molar-refractivity contribution in [3.8, 4) is 5.75 Å². The Balaban J connectivity index is 1.95. The van der Waals surface area contributed by atoms with Gasteiger partial charge in [-0.15, -0.1) is 0 Å². The van der Waals surface area contributed by atoms with E-state index in [1.807, 2.05) is 18.2 Å². The van der Waals surface area contributed by atoms with Crippen LogP contribution in [0.2, 0.25) is 0 Å². The van der Waals surface area contributed by atoms with E-state index < -0.39 is 0 Å². The highest BCUT2D eigenvalue weighted by atomic mass is 16.5. The number of aromatic nitrogens is 1. The summed E-state index contributed by atoms with van der Waals surface area (Å²) in [6.45, 7) is 2.48. The van der Waals surface area contributed by atoms with Crippen LogP contribution in [0.1, 0.15) is 28.2 Å². The first-order valence-electron chi connectivity index (χ1n) is 6.61. The number of ether oxygens (including phenoxy) is 1. The summed E-state index contributed by atoms with van der Waals surface area (Å²) < 4.78 is 10.2. The van der Waals surface area contributed by atoms with Crippen LogP contribution in [-0.2, 0) is 6.42 Å². The SMILES string of the molecule is COc1ccc2c(c1)CCCN2C(=O)c1cc(C)on1. The maximum absolute atomic E-state index is 12.5. The van der Waals surface area contributed by atoms with E-state index in [2.05, 4.69) is 5.16 Å². The Morgan fingerprint density at radius 2 is 2.25 bits per heavy atom. The maximum atomic E-state index is 12.5. The van der Waals surface area contributed by atoms with E-state index in [0.717, 1.165) is 29.8 Å². The molecule has 1 aromatic carbocycles. The molecule has 5 heteroatoms. The molecule has 0 unspecified atom stereocenters. The van der Waals surface area contributed by atoms with Crippen molar-refractivity contribution in [2.75, 3.05) is 18.6 Å². The molecule has 1 amide bonds. The Morgan fingerprint density at radius 3 is 2.95 bits per heavy atom. The smallest absolute Gasteiger partial charge is 0.280 e. The molecule has 1 aromatic heterocycles. The summed E-state index contributed by atoms with van der Waals surface area (Å²) in [6, 6.07) is 7.46. The van der Waals surface area contributed by atoms with Gasteiger partial charge in [-0.25, -0.2) is 0 Å². The van der Waals surface area contributed by atoms with Crippen molar-refractivity contribution in [2.45, 2.75) is 19.8 Å². The third-order valence-corrected chi connectivity index (χ3v) is 3.50. The van der Waals surface area contributed by atoms with Crippen molar-refractivity contribution in [1.29, 1.82) is 0 Å². The first kappa shape index (κ1) is 12.7. The number of amides is 1. The second kappa shape index (κ2) is 5.00. The van der Waals surface area contributed by atoms with Gasteiger partial charge in [0.2, 0.25) is 0 Å². The van der Waals surface area contributed by atoms with Crippen LogP contribution in [0.25, 0.3) is 0 Å². The number of benzene rings is 1. The molecule has 3 rings (SSSR count). The van der Waals surface area contributed by atoms with Crippen LogP contribution in [0.3, 0.4) is 0 Å². The minimum Gasteiger partial charge on any atom is -0.497 e. The number of aryl methyl sites for hydroxylation is 2. The number of carbonyl (C=O) groups excluding carboxylic acids is 1. The van der Waals surface area contributed by atoms with Crippen LogP contribution in [0.4, 0.5) is 5.69 Å². The summed E-state index contributed by atoms with van der Waals surface area (Å²) in [5, 5.41) is 3.81. The van der Waals surface area contributed by atoms with Gasteiger partial charge >= 0.3 is 0 Å². The molecule has 0 radical (unpaired) electrons. The molecule has 104 valence electrons. The third kappa shape index (κ3) is 2.15. The summed E-state index contributed by atoms with van der Waals surface area (Å²) in [4.78, 5) is 14.3. The van der Waals surface area contributed by atoms with Crippen molar-refractivity contribution < 1.29 is 14.1 Å². The molecule has 20 heavy (non-hydrogen) atoms. The normalized spacial score (nSPS) is 14.0. The lowest BCUT2D eigenvalue weighted by molar-refractivity contribution is 0.0976. The van der Waals surface area contributed by atoms with Crippen molar-refractivity contribution in [1.82, 2.24) is 5.16 Å². The molecule has 0 bridgehead atoms. The zero-order chi connectivity index (χ0) is 14.1. The molecule has 1 aliphatic heterocycles. The van der Waals surface area contributed by atoms with Crippen molar-refractivity contribution >= 4 is 11.6 Å². The molecule has 0 saturated heterocycles. The largest absolute Gasteiger partial charge is 0.497 e. The predicted octanol–water partition coefficient (Wildman–Crippen LogP) is 2.58. The molecule has 0 atom stereocenters. The molecular formula is C15H16N2O3. The summed E-state index contributed by atoms with van der Waals surface area (Å²) >= 11 is 0. The molecule has 0 saturated carbocycles. The van der Waals surface area contributed by atoms with Crippen LogP contribution in [0, 0.1) is 6.92 Å². The quantitative estimate of drug-likeness (QED) is 0.843. The van der Waals surface area contributed by atoms with Crippen LogP contribution < -0.4 is 9.64 Å². The van der Waals surface area contributed by atoms with Gasteiger partial charge in [0.05, 0.1) is 7.11 Å². The number of fused-ring (bicyclic) bond motifs is 1. The number of rotatable bonds is 2. The minimum atomic E-state index is -0.118. The van der Waals surface area contributed by atoms with Crippen LogP contribution >= 0.6 is 0 Å². The van der Waals surface area contributed by atoms with Crippen molar-refractivity contribution in [3.63, 3.8) is 0 Å². The highest BCUT2D eigenvalue weighted by Gasteiger charge is 2.25.